The van der Waals surface area contributed by atoms with Crippen LogP contribution in [0, 0.1) is 5.41 Å². The monoisotopic (exact) mass is 336 g/mol. The van der Waals surface area contributed by atoms with Crippen molar-refractivity contribution in [1.82, 2.24) is 9.80 Å². The molecule has 2 unspecified atom stereocenters. The van der Waals surface area contributed by atoms with Gasteiger partial charge in [-0.05, 0) is 49.2 Å². The predicted octanol–water partition coefficient (Wildman–Crippen LogP) is 2.68. The molecule has 0 bridgehead atoms. The fraction of sp³-hybridized carbons (Fsp3) is 0.722. The summed E-state index contributed by atoms with van der Waals surface area (Å²) in [5.74, 6) is 0.246. The summed E-state index contributed by atoms with van der Waals surface area (Å²) in [6.45, 7) is 7.62. The van der Waals surface area contributed by atoms with Crippen LogP contribution in [0.4, 0.5) is 0 Å². The number of carbonyl (C=O) groups excluding carboxylic acids is 1. The van der Waals surface area contributed by atoms with Gasteiger partial charge in [-0.25, -0.2) is 0 Å². The largest absolute Gasteiger partial charge is 0.396 e. The van der Waals surface area contributed by atoms with Gasteiger partial charge in [0, 0.05) is 30.0 Å². The van der Waals surface area contributed by atoms with Gasteiger partial charge in [-0.1, -0.05) is 13.8 Å². The highest BCUT2D eigenvalue weighted by molar-refractivity contribution is 7.10. The summed E-state index contributed by atoms with van der Waals surface area (Å²) in [7, 11) is 0. The minimum atomic E-state index is -0.0505. The Morgan fingerprint density at radius 3 is 3.04 bits per heavy atom. The van der Waals surface area contributed by atoms with Crippen LogP contribution in [0.2, 0.25) is 0 Å². The van der Waals surface area contributed by atoms with E-state index in [2.05, 4.69) is 35.1 Å². The fourth-order valence-electron chi connectivity index (χ4n) is 4.11. The zero-order valence-electron chi connectivity index (χ0n) is 14.3. The fourth-order valence-corrected chi connectivity index (χ4v) is 5.04. The number of aliphatic hydroxyl groups excluding tert-OH is 1. The second kappa shape index (κ2) is 6.91. The van der Waals surface area contributed by atoms with Crippen LogP contribution >= 0.6 is 11.3 Å². The zero-order valence-corrected chi connectivity index (χ0v) is 15.1. The smallest absolute Gasteiger partial charge is 0.237 e. The lowest BCUT2D eigenvalue weighted by atomic mass is 9.83. The Labute approximate surface area is 143 Å². The Bertz CT molecular complexity index is 559. The molecule has 3 heterocycles. The van der Waals surface area contributed by atoms with Crippen LogP contribution in [0.3, 0.4) is 0 Å². The first kappa shape index (κ1) is 16.9. The Hall–Kier alpha value is -0.910. The quantitative estimate of drug-likeness (QED) is 0.919. The van der Waals surface area contributed by atoms with Gasteiger partial charge in [-0.2, -0.15) is 0 Å². The van der Waals surface area contributed by atoms with Gasteiger partial charge in [0.2, 0.25) is 5.91 Å². The number of aliphatic hydroxyl groups is 1. The van der Waals surface area contributed by atoms with E-state index in [1.165, 1.54) is 10.4 Å². The highest BCUT2D eigenvalue weighted by Gasteiger charge is 2.34. The molecule has 1 fully saturated rings. The van der Waals surface area contributed by atoms with E-state index in [0.29, 0.717) is 6.54 Å². The lowest BCUT2D eigenvalue weighted by molar-refractivity contribution is -0.136. The normalized spacial score (nSPS) is 28.7. The minimum Gasteiger partial charge on any atom is -0.396 e. The molecule has 0 aliphatic carbocycles. The zero-order chi connectivity index (χ0) is 16.4. The Kier molecular flexibility index (Phi) is 5.09. The number of fused-ring (bicyclic) bond motifs is 1. The van der Waals surface area contributed by atoms with E-state index in [1.807, 2.05) is 11.3 Å². The van der Waals surface area contributed by atoms with E-state index in [9.17, 15) is 9.90 Å². The van der Waals surface area contributed by atoms with Gasteiger partial charge in [0.15, 0.2) is 0 Å². The van der Waals surface area contributed by atoms with Crippen molar-refractivity contribution in [3.8, 4) is 0 Å². The van der Waals surface area contributed by atoms with Crippen LogP contribution in [0.25, 0.3) is 0 Å². The Balaban J connectivity index is 1.66. The van der Waals surface area contributed by atoms with Crippen molar-refractivity contribution < 1.29 is 9.90 Å². The molecule has 2 aliphatic rings. The van der Waals surface area contributed by atoms with E-state index < -0.39 is 0 Å². The van der Waals surface area contributed by atoms with Crippen molar-refractivity contribution in [2.45, 2.75) is 45.6 Å². The lowest BCUT2D eigenvalue weighted by Crippen LogP contribution is -2.49. The molecule has 5 heteroatoms. The van der Waals surface area contributed by atoms with Crippen LogP contribution in [-0.4, -0.2) is 53.6 Å². The van der Waals surface area contributed by atoms with Crippen molar-refractivity contribution in [3.05, 3.63) is 21.9 Å². The van der Waals surface area contributed by atoms with Gasteiger partial charge in [0.25, 0.3) is 0 Å². The van der Waals surface area contributed by atoms with Gasteiger partial charge < -0.3 is 10.0 Å². The maximum Gasteiger partial charge on any atom is 0.237 e. The van der Waals surface area contributed by atoms with Crippen LogP contribution in [-0.2, 0) is 11.2 Å². The van der Waals surface area contributed by atoms with Crippen molar-refractivity contribution >= 4 is 17.2 Å². The summed E-state index contributed by atoms with van der Waals surface area (Å²) >= 11 is 1.82. The summed E-state index contributed by atoms with van der Waals surface area (Å²) in [6.07, 6.45) is 4.08. The summed E-state index contributed by atoms with van der Waals surface area (Å²) in [5, 5.41) is 11.7. The number of piperidine rings is 1. The number of likely N-dealkylation sites (tertiary alicyclic amines) is 1. The van der Waals surface area contributed by atoms with E-state index in [0.717, 1.165) is 45.3 Å². The van der Waals surface area contributed by atoms with E-state index in [4.69, 9.17) is 0 Å². The average Bonchev–Trinajstić information content (AvgIpc) is 3.02. The van der Waals surface area contributed by atoms with Crippen molar-refractivity contribution in [3.63, 3.8) is 0 Å². The summed E-state index contributed by atoms with van der Waals surface area (Å²) in [5.41, 5.74) is 1.31. The van der Waals surface area contributed by atoms with Crippen molar-refractivity contribution in [1.29, 1.82) is 0 Å². The first-order valence-electron chi connectivity index (χ1n) is 8.75. The standard InChI is InChI=1S/C18H28N2O2S/c1-3-15-14-6-10-23-16(14)5-9-20(15)17(22)11-19-8-4-7-18(2,12-19)13-21/h6,10,15,21H,3-5,7-9,11-13H2,1-2H3. The van der Waals surface area contributed by atoms with E-state index >= 15 is 0 Å². The Morgan fingerprint density at radius 2 is 2.30 bits per heavy atom. The lowest BCUT2D eigenvalue weighted by Gasteiger charge is -2.41. The first-order valence-corrected chi connectivity index (χ1v) is 9.63. The molecule has 4 nitrogen and oxygen atoms in total. The molecule has 0 radical (unpaired) electrons. The van der Waals surface area contributed by atoms with E-state index in [-0.39, 0.29) is 24.0 Å². The topological polar surface area (TPSA) is 43.8 Å². The summed E-state index contributed by atoms with van der Waals surface area (Å²) in [4.78, 5) is 18.7. The third kappa shape index (κ3) is 3.47. The number of hydrogen-bond donors (Lipinski definition) is 1. The molecule has 0 saturated carbocycles. The molecule has 0 aromatic carbocycles. The molecular weight excluding hydrogens is 308 g/mol. The van der Waals surface area contributed by atoms with Crippen LogP contribution in [0.1, 0.15) is 49.6 Å². The van der Waals surface area contributed by atoms with Crippen molar-refractivity contribution in [2.75, 3.05) is 32.8 Å². The molecule has 1 amide bonds. The summed E-state index contributed by atoms with van der Waals surface area (Å²) in [6, 6.07) is 2.43. The van der Waals surface area contributed by atoms with Gasteiger partial charge in [0.1, 0.15) is 0 Å². The van der Waals surface area contributed by atoms with Crippen LogP contribution in [0.15, 0.2) is 11.4 Å². The highest BCUT2D eigenvalue weighted by Crippen LogP contribution is 2.35. The molecule has 128 valence electrons. The number of nitrogens with zero attached hydrogens (tertiary/aromatic N) is 2. The van der Waals surface area contributed by atoms with Gasteiger partial charge in [-0.3, -0.25) is 9.69 Å². The van der Waals surface area contributed by atoms with Gasteiger partial charge >= 0.3 is 0 Å². The molecule has 2 aliphatic heterocycles. The molecule has 1 saturated heterocycles. The van der Waals surface area contributed by atoms with E-state index in [1.54, 1.807) is 0 Å². The Morgan fingerprint density at radius 1 is 1.48 bits per heavy atom. The van der Waals surface area contributed by atoms with Gasteiger partial charge in [0.05, 0.1) is 12.6 Å². The number of hydrogen-bond acceptors (Lipinski definition) is 4. The second-order valence-corrected chi connectivity index (χ2v) is 8.34. The van der Waals surface area contributed by atoms with Crippen molar-refractivity contribution in [2.24, 2.45) is 5.41 Å². The SMILES string of the molecule is CCC1c2ccsc2CCN1C(=O)CN1CCCC(C)(CO)C1. The number of thiophene rings is 1. The van der Waals surface area contributed by atoms with Crippen LogP contribution in [0.5, 0.6) is 0 Å². The molecule has 1 N–H and O–H groups in total. The number of rotatable bonds is 4. The highest BCUT2D eigenvalue weighted by atomic mass is 32.1. The predicted molar refractivity (Wildman–Crippen MR) is 93.6 cm³/mol. The summed E-state index contributed by atoms with van der Waals surface area (Å²) < 4.78 is 0. The molecule has 1 aromatic rings. The third-order valence-electron chi connectivity index (χ3n) is 5.40. The average molecular weight is 337 g/mol. The molecule has 23 heavy (non-hydrogen) atoms. The molecule has 1 aromatic heterocycles. The molecular formula is C18H28N2O2S. The molecule has 2 atom stereocenters. The maximum absolute atomic E-state index is 12.9. The molecule has 0 spiro atoms. The minimum absolute atomic E-state index is 0.0505. The van der Waals surface area contributed by atoms with Crippen LogP contribution < -0.4 is 0 Å². The number of amides is 1. The third-order valence-corrected chi connectivity index (χ3v) is 6.40. The van der Waals surface area contributed by atoms with Gasteiger partial charge in [-0.15, -0.1) is 11.3 Å². The second-order valence-electron chi connectivity index (χ2n) is 7.34. The maximum atomic E-state index is 12.9. The number of carbonyl (C=O) groups is 1. The first-order chi connectivity index (χ1) is 11.1. The molecule has 3 rings (SSSR count).